The van der Waals surface area contributed by atoms with E-state index in [2.05, 4.69) is 0 Å². The number of hydrogen-bond donors (Lipinski definition) is 1. The molecule has 0 aliphatic carbocycles. The minimum absolute atomic E-state index is 0.0387. The van der Waals surface area contributed by atoms with Gasteiger partial charge in [-0.05, 0) is 35.8 Å². The topological polar surface area (TPSA) is 57.6 Å². The second-order valence-corrected chi connectivity index (χ2v) is 4.79. The third-order valence-electron chi connectivity index (χ3n) is 3.27. The molecule has 0 bridgehead atoms. The average Bonchev–Trinajstić information content (AvgIpc) is 2.42. The molecular formula is C14H11F4NO3. The second kappa shape index (κ2) is 5.78. The minimum atomic E-state index is -4.96. The first kappa shape index (κ1) is 16.0. The molecule has 118 valence electrons. The number of rotatable bonds is 2. The van der Waals surface area contributed by atoms with Crippen LogP contribution in [0.2, 0.25) is 0 Å². The zero-order valence-corrected chi connectivity index (χ0v) is 11.2. The monoisotopic (exact) mass is 317 g/mol. The molecule has 1 aliphatic heterocycles. The Morgan fingerprint density at radius 1 is 1.23 bits per heavy atom. The van der Waals surface area contributed by atoms with Crippen molar-refractivity contribution in [2.24, 2.45) is 0 Å². The van der Waals surface area contributed by atoms with Crippen molar-refractivity contribution >= 4 is 18.0 Å². The number of hydrogen-bond acceptors (Lipinski definition) is 2. The predicted octanol–water partition coefficient (Wildman–Crippen LogP) is 2.37. The largest absolute Gasteiger partial charge is 0.478 e. The van der Waals surface area contributed by atoms with Gasteiger partial charge in [0.25, 0.3) is 0 Å². The van der Waals surface area contributed by atoms with Gasteiger partial charge < -0.3 is 10.0 Å². The Morgan fingerprint density at radius 2 is 1.91 bits per heavy atom. The number of benzene rings is 1. The van der Waals surface area contributed by atoms with Crippen molar-refractivity contribution in [2.75, 3.05) is 6.54 Å². The number of nitrogens with zero attached hydrogens (tertiary/aromatic N) is 1. The van der Waals surface area contributed by atoms with Gasteiger partial charge in [0.15, 0.2) is 0 Å². The van der Waals surface area contributed by atoms with Gasteiger partial charge in [-0.3, -0.25) is 4.79 Å². The van der Waals surface area contributed by atoms with E-state index in [1.807, 2.05) is 0 Å². The molecule has 0 unspecified atom stereocenters. The normalized spacial score (nSPS) is 15.0. The zero-order chi connectivity index (χ0) is 16.5. The summed E-state index contributed by atoms with van der Waals surface area (Å²) in [6.45, 7) is -0.452. The van der Waals surface area contributed by atoms with Crippen LogP contribution in [0, 0.1) is 5.82 Å². The van der Waals surface area contributed by atoms with E-state index in [1.54, 1.807) is 0 Å². The first-order valence-corrected chi connectivity index (χ1v) is 6.27. The molecule has 0 atom stereocenters. The van der Waals surface area contributed by atoms with Crippen LogP contribution in [0.15, 0.2) is 18.2 Å². The molecule has 0 saturated heterocycles. The average molecular weight is 317 g/mol. The van der Waals surface area contributed by atoms with Crippen molar-refractivity contribution in [3.8, 4) is 0 Å². The third kappa shape index (κ3) is 3.44. The van der Waals surface area contributed by atoms with Crippen LogP contribution in [0.3, 0.4) is 0 Å². The lowest BCUT2D eigenvalue weighted by molar-refractivity contribution is -0.186. The van der Waals surface area contributed by atoms with Crippen LogP contribution in [0.4, 0.5) is 17.6 Å². The summed E-state index contributed by atoms with van der Waals surface area (Å²) in [6.07, 6.45) is -2.97. The minimum Gasteiger partial charge on any atom is -0.478 e. The molecule has 1 aromatic carbocycles. The molecule has 0 saturated carbocycles. The van der Waals surface area contributed by atoms with Gasteiger partial charge in [0.2, 0.25) is 0 Å². The fourth-order valence-corrected chi connectivity index (χ4v) is 2.24. The summed E-state index contributed by atoms with van der Waals surface area (Å²) in [5, 5.41) is 8.52. The van der Waals surface area contributed by atoms with Gasteiger partial charge in [0.05, 0.1) is 0 Å². The summed E-state index contributed by atoms with van der Waals surface area (Å²) in [4.78, 5) is 22.2. The van der Waals surface area contributed by atoms with Gasteiger partial charge in [-0.25, -0.2) is 9.18 Å². The van der Waals surface area contributed by atoms with Gasteiger partial charge in [-0.15, -0.1) is 0 Å². The maximum atomic E-state index is 13.8. The van der Waals surface area contributed by atoms with Gasteiger partial charge in [-0.1, -0.05) is 0 Å². The van der Waals surface area contributed by atoms with E-state index in [-0.39, 0.29) is 30.6 Å². The summed E-state index contributed by atoms with van der Waals surface area (Å²) in [5.74, 6) is -3.94. The molecule has 0 fully saturated rings. The van der Waals surface area contributed by atoms with Crippen molar-refractivity contribution in [3.63, 3.8) is 0 Å². The number of alkyl halides is 3. The van der Waals surface area contributed by atoms with Crippen LogP contribution in [0.25, 0.3) is 6.08 Å². The number of carbonyl (C=O) groups excluding carboxylic acids is 1. The second-order valence-electron chi connectivity index (χ2n) is 4.79. The lowest BCUT2D eigenvalue weighted by atomic mass is 9.96. The number of carbonyl (C=O) groups is 2. The Hall–Kier alpha value is -2.38. The van der Waals surface area contributed by atoms with E-state index in [1.165, 1.54) is 6.07 Å². The molecule has 1 aromatic rings. The number of carboxylic acid groups (broad SMARTS) is 1. The highest BCUT2D eigenvalue weighted by Gasteiger charge is 2.43. The van der Waals surface area contributed by atoms with E-state index in [4.69, 9.17) is 5.11 Å². The summed E-state index contributed by atoms with van der Waals surface area (Å²) >= 11 is 0. The van der Waals surface area contributed by atoms with Crippen LogP contribution in [-0.2, 0) is 22.6 Å². The van der Waals surface area contributed by atoms with E-state index in [9.17, 15) is 27.2 Å². The smallest absolute Gasteiger partial charge is 0.471 e. The van der Waals surface area contributed by atoms with Gasteiger partial charge in [0.1, 0.15) is 5.82 Å². The lowest BCUT2D eigenvalue weighted by Crippen LogP contribution is -2.43. The summed E-state index contributed by atoms with van der Waals surface area (Å²) in [7, 11) is 0. The van der Waals surface area contributed by atoms with E-state index in [0.717, 1.165) is 18.2 Å². The van der Waals surface area contributed by atoms with Crippen LogP contribution >= 0.6 is 0 Å². The molecule has 1 amide bonds. The first-order valence-electron chi connectivity index (χ1n) is 6.27. The highest BCUT2D eigenvalue weighted by atomic mass is 19.4. The predicted molar refractivity (Wildman–Crippen MR) is 68.2 cm³/mol. The molecule has 4 nitrogen and oxygen atoms in total. The molecule has 0 spiro atoms. The Labute approximate surface area is 122 Å². The van der Waals surface area contributed by atoms with Crippen LogP contribution in [-0.4, -0.2) is 34.6 Å². The van der Waals surface area contributed by atoms with Gasteiger partial charge in [0, 0.05) is 24.7 Å². The molecule has 22 heavy (non-hydrogen) atoms. The van der Waals surface area contributed by atoms with Crippen LogP contribution in [0.1, 0.15) is 16.7 Å². The quantitative estimate of drug-likeness (QED) is 0.673. The molecule has 1 aliphatic rings. The molecule has 1 heterocycles. The highest BCUT2D eigenvalue weighted by molar-refractivity contribution is 5.85. The number of aliphatic carboxylic acids is 1. The maximum Gasteiger partial charge on any atom is 0.471 e. The maximum absolute atomic E-state index is 13.8. The molecule has 0 radical (unpaired) electrons. The SMILES string of the molecule is O=C(O)/C=C/c1cc2c(cc1F)CN(C(=O)C(F)(F)F)CC2. The Bertz CT molecular complexity index is 652. The Balaban J connectivity index is 2.26. The van der Waals surface area contributed by atoms with Crippen LogP contribution < -0.4 is 0 Å². The van der Waals surface area contributed by atoms with Gasteiger partial charge in [-0.2, -0.15) is 13.2 Å². The summed E-state index contributed by atoms with van der Waals surface area (Å²) < 4.78 is 51.0. The third-order valence-corrected chi connectivity index (χ3v) is 3.27. The summed E-state index contributed by atoms with van der Waals surface area (Å²) in [6, 6.07) is 2.42. The standard InChI is InChI=1S/C14H11F4NO3/c15-11-6-10-7-19(13(22)14(16,17)18)4-3-8(10)5-9(11)1-2-12(20)21/h1-2,5-6H,3-4,7H2,(H,20,21)/b2-1+. The fourth-order valence-electron chi connectivity index (χ4n) is 2.24. The Kier molecular flexibility index (Phi) is 4.20. The molecule has 0 aromatic heterocycles. The molecule has 8 heteroatoms. The van der Waals surface area contributed by atoms with E-state index in [0.29, 0.717) is 10.5 Å². The fraction of sp³-hybridized carbons (Fsp3) is 0.286. The number of fused-ring (bicyclic) bond motifs is 1. The van der Waals surface area contributed by atoms with E-state index < -0.39 is 23.9 Å². The number of amides is 1. The number of carboxylic acids is 1. The van der Waals surface area contributed by atoms with Crippen molar-refractivity contribution in [1.29, 1.82) is 0 Å². The Morgan fingerprint density at radius 3 is 2.50 bits per heavy atom. The van der Waals surface area contributed by atoms with Gasteiger partial charge >= 0.3 is 18.1 Å². The van der Waals surface area contributed by atoms with Crippen molar-refractivity contribution in [2.45, 2.75) is 19.1 Å². The lowest BCUT2D eigenvalue weighted by Gasteiger charge is -2.29. The molecule has 2 rings (SSSR count). The zero-order valence-electron chi connectivity index (χ0n) is 11.2. The first-order chi connectivity index (χ1) is 10.2. The van der Waals surface area contributed by atoms with Crippen molar-refractivity contribution in [3.05, 3.63) is 40.7 Å². The van der Waals surface area contributed by atoms with Crippen molar-refractivity contribution < 1.29 is 32.3 Å². The number of halogens is 4. The van der Waals surface area contributed by atoms with E-state index >= 15 is 0 Å². The molecule has 1 N–H and O–H groups in total. The summed E-state index contributed by atoms with van der Waals surface area (Å²) in [5.41, 5.74) is 0.920. The van der Waals surface area contributed by atoms with Crippen LogP contribution in [0.5, 0.6) is 0 Å². The molecular weight excluding hydrogens is 306 g/mol. The van der Waals surface area contributed by atoms with Crippen molar-refractivity contribution in [1.82, 2.24) is 4.90 Å². The highest BCUT2D eigenvalue weighted by Crippen LogP contribution is 2.27.